The van der Waals surface area contributed by atoms with Crippen LogP contribution in [0.15, 0.2) is 36.5 Å². The average molecular weight is 356 g/mol. The molecule has 0 spiro atoms. The fourth-order valence-corrected chi connectivity index (χ4v) is 3.50. The molecule has 7 heteroatoms. The second-order valence-electron chi connectivity index (χ2n) is 6.58. The van der Waals surface area contributed by atoms with E-state index < -0.39 is 17.5 Å². The number of amides is 1. The van der Waals surface area contributed by atoms with Gasteiger partial charge in [0.05, 0.1) is 23.0 Å². The number of aromatic nitrogens is 3. The van der Waals surface area contributed by atoms with Crippen LogP contribution in [0.2, 0.25) is 0 Å². The molecule has 1 aliphatic heterocycles. The third-order valence-electron chi connectivity index (χ3n) is 4.73. The van der Waals surface area contributed by atoms with Crippen molar-refractivity contribution in [2.24, 2.45) is 0 Å². The third kappa shape index (κ3) is 2.94. The second kappa shape index (κ2) is 6.48. The van der Waals surface area contributed by atoms with Crippen molar-refractivity contribution in [2.75, 3.05) is 6.54 Å². The maximum absolute atomic E-state index is 14.1. The Morgan fingerprint density at radius 3 is 2.88 bits per heavy atom. The van der Waals surface area contributed by atoms with Gasteiger partial charge >= 0.3 is 0 Å². The van der Waals surface area contributed by atoms with E-state index >= 15 is 0 Å². The van der Waals surface area contributed by atoms with E-state index in [0.29, 0.717) is 12.2 Å². The molecule has 1 saturated heterocycles. The van der Waals surface area contributed by atoms with Gasteiger partial charge in [0.25, 0.3) is 5.91 Å². The van der Waals surface area contributed by atoms with Gasteiger partial charge in [0.1, 0.15) is 11.6 Å². The lowest BCUT2D eigenvalue weighted by Crippen LogP contribution is -2.39. The lowest BCUT2D eigenvalue weighted by atomic mass is 9.97. The topological polar surface area (TPSA) is 50.5 Å². The molecule has 0 radical (unpaired) electrons. The molecular formula is C19H18F2N4O. The standard InChI is InChI=1S/C19H18F2N4O/c1-12-10-18-22-16(7-9-25(18)23-12)17-4-2-3-8-24(17)19(26)14-11-13(20)5-6-15(14)21/h5-7,9-11,17H,2-4,8H2,1H3. The highest BCUT2D eigenvalue weighted by molar-refractivity contribution is 5.94. The molecule has 1 unspecified atom stereocenters. The largest absolute Gasteiger partial charge is 0.330 e. The van der Waals surface area contributed by atoms with Crippen molar-refractivity contribution >= 4 is 11.6 Å². The van der Waals surface area contributed by atoms with Gasteiger partial charge < -0.3 is 4.90 Å². The maximum atomic E-state index is 14.1. The molecule has 0 saturated carbocycles. The molecule has 134 valence electrons. The quantitative estimate of drug-likeness (QED) is 0.704. The molecule has 1 atom stereocenters. The Morgan fingerprint density at radius 2 is 2.04 bits per heavy atom. The van der Waals surface area contributed by atoms with Gasteiger partial charge in [0.2, 0.25) is 0 Å². The number of aryl methyl sites for hydroxylation is 1. The molecule has 4 rings (SSSR count). The van der Waals surface area contributed by atoms with Crippen LogP contribution in [0.5, 0.6) is 0 Å². The van der Waals surface area contributed by atoms with Crippen molar-refractivity contribution in [3.8, 4) is 0 Å². The molecule has 1 amide bonds. The van der Waals surface area contributed by atoms with Crippen molar-refractivity contribution in [2.45, 2.75) is 32.2 Å². The van der Waals surface area contributed by atoms with Gasteiger partial charge in [-0.3, -0.25) is 4.79 Å². The summed E-state index contributed by atoms with van der Waals surface area (Å²) in [4.78, 5) is 19.1. The van der Waals surface area contributed by atoms with Crippen LogP contribution in [0, 0.1) is 18.6 Å². The van der Waals surface area contributed by atoms with Gasteiger partial charge in [0, 0.05) is 18.8 Å². The third-order valence-corrected chi connectivity index (χ3v) is 4.73. The maximum Gasteiger partial charge on any atom is 0.257 e. The summed E-state index contributed by atoms with van der Waals surface area (Å²) in [7, 11) is 0. The Hall–Kier alpha value is -2.83. The van der Waals surface area contributed by atoms with Crippen molar-refractivity contribution in [1.29, 1.82) is 0 Å². The van der Waals surface area contributed by atoms with Crippen LogP contribution in [0.1, 0.15) is 47.1 Å². The number of hydrogen-bond donors (Lipinski definition) is 0. The van der Waals surface area contributed by atoms with Gasteiger partial charge in [-0.25, -0.2) is 18.3 Å². The smallest absolute Gasteiger partial charge is 0.257 e. The molecule has 0 bridgehead atoms. The predicted molar refractivity (Wildman–Crippen MR) is 91.7 cm³/mol. The van der Waals surface area contributed by atoms with E-state index in [1.54, 1.807) is 9.42 Å². The summed E-state index contributed by atoms with van der Waals surface area (Å²) in [6, 6.07) is 6.39. The number of benzene rings is 1. The van der Waals surface area contributed by atoms with Crippen LogP contribution in [0.4, 0.5) is 8.78 Å². The van der Waals surface area contributed by atoms with Gasteiger partial charge in [0.15, 0.2) is 5.65 Å². The molecule has 3 heterocycles. The van der Waals surface area contributed by atoms with Crippen molar-refractivity contribution in [1.82, 2.24) is 19.5 Å². The van der Waals surface area contributed by atoms with Gasteiger partial charge in [-0.15, -0.1) is 0 Å². The van der Waals surface area contributed by atoms with E-state index in [4.69, 9.17) is 0 Å². The summed E-state index contributed by atoms with van der Waals surface area (Å²) in [5.74, 6) is -1.84. The second-order valence-corrected chi connectivity index (χ2v) is 6.58. The summed E-state index contributed by atoms with van der Waals surface area (Å²) in [6.07, 6.45) is 4.32. The monoisotopic (exact) mass is 356 g/mol. The Kier molecular flexibility index (Phi) is 4.14. The number of carbonyl (C=O) groups is 1. The molecule has 2 aromatic heterocycles. The molecule has 5 nitrogen and oxygen atoms in total. The molecule has 3 aromatic rings. The highest BCUT2D eigenvalue weighted by Gasteiger charge is 2.31. The minimum atomic E-state index is -0.712. The molecule has 0 aliphatic carbocycles. The Balaban J connectivity index is 1.71. The van der Waals surface area contributed by atoms with Crippen molar-refractivity contribution in [3.63, 3.8) is 0 Å². The van der Waals surface area contributed by atoms with Crippen LogP contribution in [-0.4, -0.2) is 31.9 Å². The molecule has 1 aromatic carbocycles. The molecule has 1 fully saturated rings. The number of carbonyl (C=O) groups excluding carboxylic acids is 1. The zero-order valence-corrected chi connectivity index (χ0v) is 14.3. The fraction of sp³-hybridized carbons (Fsp3) is 0.316. The molecular weight excluding hydrogens is 338 g/mol. The SMILES string of the molecule is Cc1cc2nc(C3CCCCN3C(=O)c3cc(F)ccc3F)ccn2n1. The first-order valence-corrected chi connectivity index (χ1v) is 8.62. The zero-order valence-electron chi connectivity index (χ0n) is 14.3. The first-order valence-electron chi connectivity index (χ1n) is 8.62. The van der Waals surface area contributed by atoms with E-state index in [2.05, 4.69) is 10.1 Å². The minimum Gasteiger partial charge on any atom is -0.330 e. The van der Waals surface area contributed by atoms with Crippen molar-refractivity contribution < 1.29 is 13.6 Å². The van der Waals surface area contributed by atoms with Crippen LogP contribution in [0.3, 0.4) is 0 Å². The summed E-state index contributed by atoms with van der Waals surface area (Å²) in [6.45, 7) is 2.38. The Bertz CT molecular complexity index is 985. The highest BCUT2D eigenvalue weighted by Crippen LogP contribution is 2.32. The predicted octanol–water partition coefficient (Wildman–Crippen LogP) is 3.68. The lowest BCUT2D eigenvalue weighted by molar-refractivity contribution is 0.0601. The number of piperidine rings is 1. The number of nitrogens with zero attached hydrogens (tertiary/aromatic N) is 4. The van der Waals surface area contributed by atoms with Gasteiger partial charge in [-0.05, 0) is 50.5 Å². The van der Waals surface area contributed by atoms with Gasteiger partial charge in [-0.2, -0.15) is 5.10 Å². The van der Waals surface area contributed by atoms with E-state index in [1.807, 2.05) is 25.3 Å². The fourth-order valence-electron chi connectivity index (χ4n) is 3.50. The number of halogens is 2. The first-order chi connectivity index (χ1) is 12.5. The van der Waals surface area contributed by atoms with Crippen molar-refractivity contribution in [3.05, 3.63) is 65.1 Å². The zero-order chi connectivity index (χ0) is 18.3. The van der Waals surface area contributed by atoms with E-state index in [9.17, 15) is 13.6 Å². The van der Waals surface area contributed by atoms with Gasteiger partial charge in [-0.1, -0.05) is 0 Å². The summed E-state index contributed by atoms with van der Waals surface area (Å²) in [5.41, 5.74) is 2.06. The van der Waals surface area contributed by atoms with Crippen LogP contribution in [0.25, 0.3) is 5.65 Å². The Labute approximate surface area is 149 Å². The summed E-state index contributed by atoms with van der Waals surface area (Å²) in [5, 5.41) is 4.30. The normalized spacial score (nSPS) is 17.7. The highest BCUT2D eigenvalue weighted by atomic mass is 19.1. The number of likely N-dealkylation sites (tertiary alicyclic amines) is 1. The summed E-state index contributed by atoms with van der Waals surface area (Å²) < 4.78 is 29.3. The first kappa shape index (κ1) is 16.6. The minimum absolute atomic E-state index is 0.238. The van der Waals surface area contributed by atoms with Crippen LogP contribution in [-0.2, 0) is 0 Å². The summed E-state index contributed by atoms with van der Waals surface area (Å²) >= 11 is 0. The molecule has 26 heavy (non-hydrogen) atoms. The number of hydrogen-bond acceptors (Lipinski definition) is 3. The van der Waals surface area contributed by atoms with Crippen LogP contribution < -0.4 is 0 Å². The lowest BCUT2D eigenvalue weighted by Gasteiger charge is -2.35. The van der Waals surface area contributed by atoms with E-state index in [-0.39, 0.29) is 11.6 Å². The Morgan fingerprint density at radius 1 is 1.19 bits per heavy atom. The van der Waals surface area contributed by atoms with E-state index in [0.717, 1.165) is 48.8 Å². The molecule has 0 N–H and O–H groups in total. The number of fused-ring (bicyclic) bond motifs is 1. The molecule has 1 aliphatic rings. The van der Waals surface area contributed by atoms with Crippen LogP contribution >= 0.6 is 0 Å². The van der Waals surface area contributed by atoms with E-state index in [1.165, 1.54) is 0 Å². The average Bonchev–Trinajstić information content (AvgIpc) is 3.02. The number of rotatable bonds is 2.